The van der Waals surface area contributed by atoms with Gasteiger partial charge in [-0.3, -0.25) is 14.5 Å². The maximum atomic E-state index is 12.6. The van der Waals surface area contributed by atoms with Crippen LogP contribution in [0.15, 0.2) is 30.3 Å². The Labute approximate surface area is 134 Å². The molecule has 2 saturated heterocycles. The molecule has 3 rings (SSSR count). The Kier molecular flexibility index (Phi) is 4.61. The van der Waals surface area contributed by atoms with Crippen molar-refractivity contribution in [3.05, 3.63) is 35.9 Å². The van der Waals surface area contributed by atoms with Crippen LogP contribution in [0, 0.1) is 0 Å². The molecular weight excluding hydrogens is 300 g/mol. The molecule has 124 valence electrons. The van der Waals surface area contributed by atoms with E-state index in [1.54, 1.807) is 4.90 Å². The highest BCUT2D eigenvalue weighted by atomic mass is 16.7. The number of piperazine rings is 1. The van der Waals surface area contributed by atoms with Crippen molar-refractivity contribution < 1.29 is 23.8 Å². The number of benzene rings is 1. The Hall–Kier alpha value is -1.96. The van der Waals surface area contributed by atoms with Gasteiger partial charge in [-0.05, 0) is 0 Å². The summed E-state index contributed by atoms with van der Waals surface area (Å²) in [5.74, 6) is -0.269. The van der Waals surface area contributed by atoms with E-state index in [1.165, 1.54) is 19.1 Å². The lowest BCUT2D eigenvalue weighted by Gasteiger charge is -2.38. The standard InChI is InChI=1S/C16H20N2O5/c1-21-14(22-2)9-17-8-13(19)18-12(15(17)20)10-23-16(18)11-6-4-3-5-7-11/h3-7,12,14,16H,8-10H2,1-2H3/t12-,16+/m0/s1. The van der Waals surface area contributed by atoms with E-state index in [-0.39, 0.29) is 31.5 Å². The molecule has 0 unspecified atom stereocenters. The molecule has 0 spiro atoms. The van der Waals surface area contributed by atoms with Crippen molar-refractivity contribution in [3.63, 3.8) is 0 Å². The monoisotopic (exact) mass is 320 g/mol. The van der Waals surface area contributed by atoms with E-state index >= 15 is 0 Å². The van der Waals surface area contributed by atoms with Crippen LogP contribution in [0.5, 0.6) is 0 Å². The molecule has 7 heteroatoms. The summed E-state index contributed by atoms with van der Waals surface area (Å²) in [4.78, 5) is 28.2. The highest BCUT2D eigenvalue weighted by molar-refractivity contribution is 5.95. The Morgan fingerprint density at radius 3 is 2.57 bits per heavy atom. The van der Waals surface area contributed by atoms with Gasteiger partial charge in [-0.15, -0.1) is 0 Å². The average molecular weight is 320 g/mol. The van der Waals surface area contributed by atoms with Crippen LogP contribution >= 0.6 is 0 Å². The van der Waals surface area contributed by atoms with Crippen molar-refractivity contribution in [1.29, 1.82) is 0 Å². The largest absolute Gasteiger partial charge is 0.354 e. The van der Waals surface area contributed by atoms with Crippen LogP contribution in [0.1, 0.15) is 11.8 Å². The number of fused-ring (bicyclic) bond motifs is 1. The predicted octanol–water partition coefficient (Wildman–Crippen LogP) is 0.374. The van der Waals surface area contributed by atoms with Gasteiger partial charge in [0.2, 0.25) is 11.8 Å². The van der Waals surface area contributed by atoms with Gasteiger partial charge in [0.15, 0.2) is 12.5 Å². The van der Waals surface area contributed by atoms with Gasteiger partial charge in [0.1, 0.15) is 12.6 Å². The van der Waals surface area contributed by atoms with Crippen LogP contribution in [-0.2, 0) is 23.8 Å². The number of carbonyl (C=O) groups is 2. The Bertz CT molecular complexity index is 575. The van der Waals surface area contributed by atoms with E-state index in [2.05, 4.69) is 0 Å². The Balaban J connectivity index is 1.77. The fourth-order valence-electron chi connectivity index (χ4n) is 2.99. The van der Waals surface area contributed by atoms with Gasteiger partial charge in [-0.1, -0.05) is 30.3 Å². The molecule has 0 aromatic heterocycles. The Morgan fingerprint density at radius 1 is 1.22 bits per heavy atom. The average Bonchev–Trinajstić information content (AvgIpc) is 3.03. The third-order valence-electron chi connectivity index (χ3n) is 4.19. The number of nitrogens with zero attached hydrogens (tertiary/aromatic N) is 2. The lowest BCUT2D eigenvalue weighted by molar-refractivity contribution is -0.165. The van der Waals surface area contributed by atoms with Gasteiger partial charge in [0, 0.05) is 19.8 Å². The summed E-state index contributed by atoms with van der Waals surface area (Å²) in [6, 6.07) is 8.87. The molecule has 2 atom stereocenters. The van der Waals surface area contributed by atoms with Crippen LogP contribution < -0.4 is 0 Å². The van der Waals surface area contributed by atoms with Gasteiger partial charge >= 0.3 is 0 Å². The van der Waals surface area contributed by atoms with Crippen LogP contribution in [0.2, 0.25) is 0 Å². The topological polar surface area (TPSA) is 68.3 Å². The van der Waals surface area contributed by atoms with Gasteiger partial charge in [-0.25, -0.2) is 0 Å². The summed E-state index contributed by atoms with van der Waals surface area (Å²) in [6.07, 6.45) is -1.05. The minimum absolute atomic E-state index is 0.00521. The van der Waals surface area contributed by atoms with Crippen molar-refractivity contribution in [3.8, 4) is 0 Å². The highest BCUT2D eigenvalue weighted by Gasteiger charge is 2.48. The van der Waals surface area contributed by atoms with Crippen LogP contribution in [-0.4, -0.2) is 67.9 Å². The van der Waals surface area contributed by atoms with E-state index in [4.69, 9.17) is 14.2 Å². The normalized spacial score (nSPS) is 24.5. The SMILES string of the molecule is COC(CN1CC(=O)N2[C@@H](c3ccccc3)OC[C@H]2C1=O)OC. The Morgan fingerprint density at radius 2 is 1.91 bits per heavy atom. The summed E-state index contributed by atoms with van der Waals surface area (Å²) in [5.41, 5.74) is 0.872. The second kappa shape index (κ2) is 6.66. The number of carbonyl (C=O) groups excluding carboxylic acids is 2. The van der Waals surface area contributed by atoms with Gasteiger partial charge < -0.3 is 19.1 Å². The first-order valence-electron chi connectivity index (χ1n) is 7.47. The molecule has 0 radical (unpaired) electrons. The molecule has 2 amide bonds. The third kappa shape index (κ3) is 2.95. The molecule has 0 bridgehead atoms. The van der Waals surface area contributed by atoms with Crippen molar-refractivity contribution >= 4 is 11.8 Å². The summed E-state index contributed by atoms with van der Waals surface area (Å²) in [5, 5.41) is 0. The lowest BCUT2D eigenvalue weighted by Crippen LogP contribution is -2.59. The molecule has 1 aromatic carbocycles. The molecule has 0 saturated carbocycles. The van der Waals surface area contributed by atoms with Crippen molar-refractivity contribution in [2.45, 2.75) is 18.6 Å². The third-order valence-corrected chi connectivity index (χ3v) is 4.19. The van der Waals surface area contributed by atoms with Crippen molar-refractivity contribution in [1.82, 2.24) is 9.80 Å². The highest BCUT2D eigenvalue weighted by Crippen LogP contribution is 2.33. The van der Waals surface area contributed by atoms with E-state index in [1.807, 2.05) is 30.3 Å². The maximum Gasteiger partial charge on any atom is 0.248 e. The van der Waals surface area contributed by atoms with E-state index in [9.17, 15) is 9.59 Å². The van der Waals surface area contributed by atoms with Crippen LogP contribution in [0.3, 0.4) is 0 Å². The smallest absolute Gasteiger partial charge is 0.248 e. The maximum absolute atomic E-state index is 12.6. The molecule has 0 aliphatic carbocycles. The first-order chi connectivity index (χ1) is 11.2. The number of amides is 2. The first-order valence-corrected chi connectivity index (χ1v) is 7.47. The quantitative estimate of drug-likeness (QED) is 0.734. The van der Waals surface area contributed by atoms with Gasteiger partial charge in [0.25, 0.3) is 0 Å². The zero-order valence-corrected chi connectivity index (χ0v) is 13.2. The molecule has 1 aromatic rings. The summed E-state index contributed by atoms with van der Waals surface area (Å²) < 4.78 is 16.0. The predicted molar refractivity (Wildman–Crippen MR) is 80.2 cm³/mol. The number of hydrogen-bond donors (Lipinski definition) is 0. The molecule has 7 nitrogen and oxygen atoms in total. The minimum atomic E-state index is -0.587. The second-order valence-corrected chi connectivity index (χ2v) is 5.53. The van der Waals surface area contributed by atoms with Crippen molar-refractivity contribution in [2.24, 2.45) is 0 Å². The molecule has 2 aliphatic rings. The van der Waals surface area contributed by atoms with E-state index in [0.29, 0.717) is 0 Å². The summed E-state index contributed by atoms with van der Waals surface area (Å²) >= 11 is 0. The minimum Gasteiger partial charge on any atom is -0.354 e. The number of rotatable bonds is 5. The molecule has 2 heterocycles. The van der Waals surface area contributed by atoms with Crippen LogP contribution in [0.25, 0.3) is 0 Å². The van der Waals surface area contributed by atoms with Gasteiger partial charge in [-0.2, -0.15) is 0 Å². The van der Waals surface area contributed by atoms with Gasteiger partial charge in [0.05, 0.1) is 13.2 Å². The van der Waals surface area contributed by atoms with E-state index < -0.39 is 18.6 Å². The molecule has 2 aliphatic heterocycles. The fraction of sp³-hybridized carbons (Fsp3) is 0.500. The lowest BCUT2D eigenvalue weighted by atomic mass is 10.1. The van der Waals surface area contributed by atoms with E-state index in [0.717, 1.165) is 5.56 Å². The number of methoxy groups -OCH3 is 2. The van der Waals surface area contributed by atoms with Crippen LogP contribution in [0.4, 0.5) is 0 Å². The fourth-order valence-corrected chi connectivity index (χ4v) is 2.99. The molecule has 0 N–H and O–H groups in total. The zero-order chi connectivity index (χ0) is 16.4. The second-order valence-electron chi connectivity index (χ2n) is 5.53. The number of ether oxygens (including phenoxy) is 3. The first kappa shape index (κ1) is 15.9. The molecular formula is C16H20N2O5. The summed E-state index contributed by atoms with van der Waals surface area (Å²) in [7, 11) is 3.00. The zero-order valence-electron chi connectivity index (χ0n) is 13.2. The van der Waals surface area contributed by atoms with Crippen molar-refractivity contribution in [2.75, 3.05) is 33.9 Å². The summed E-state index contributed by atoms with van der Waals surface area (Å²) in [6.45, 7) is 0.425. The molecule has 2 fully saturated rings. The number of hydrogen-bond acceptors (Lipinski definition) is 5. The molecule has 23 heavy (non-hydrogen) atoms.